The van der Waals surface area contributed by atoms with Crippen LogP contribution in [-0.4, -0.2) is 13.3 Å². The maximum atomic E-state index is 9.11. The van der Waals surface area contributed by atoms with Crippen molar-refractivity contribution in [2.45, 2.75) is 0 Å². The molecule has 0 saturated heterocycles. The predicted octanol–water partition coefficient (Wildman–Crippen LogP) is -0.321. The molecule has 0 fully saturated rings. The van der Waals surface area contributed by atoms with Crippen molar-refractivity contribution in [3.63, 3.8) is 0 Å². The van der Waals surface area contributed by atoms with Crippen molar-refractivity contribution in [1.29, 1.82) is 0 Å². The van der Waals surface area contributed by atoms with Crippen LogP contribution >= 0.6 is 0 Å². The van der Waals surface area contributed by atoms with E-state index in [0.29, 0.717) is 0 Å². The molecule has 0 unspecified atom stereocenters. The molecule has 3 nitrogen and oxygen atoms in total. The van der Waals surface area contributed by atoms with Crippen LogP contribution in [0.5, 0.6) is 0 Å². The third-order valence-electron chi connectivity index (χ3n) is 0. The number of hydrogen-bond donors (Lipinski definition) is 2. The monoisotopic (exact) mass is 272 g/mol. The fourth-order valence-corrected chi connectivity index (χ4v) is 0. The van der Waals surface area contributed by atoms with Gasteiger partial charge in [-0.05, 0) is 0 Å². The maximum absolute atomic E-state index is 9.11. The van der Waals surface area contributed by atoms with E-state index in [0.717, 1.165) is 0 Å². The Morgan fingerprint density at radius 1 is 1.50 bits per heavy atom. The molecule has 6 heavy (non-hydrogen) atoms. The Morgan fingerprint density at radius 2 is 1.50 bits per heavy atom. The van der Waals surface area contributed by atoms with Crippen molar-refractivity contribution in [2.24, 2.45) is 0 Å². The summed E-state index contributed by atoms with van der Waals surface area (Å²) in [7, 11) is -3.83. The van der Waals surface area contributed by atoms with Gasteiger partial charge >= 0.3 is 0 Å². The summed E-state index contributed by atoms with van der Waals surface area (Å²) in [4.78, 5) is 0. The van der Waals surface area contributed by atoms with Crippen molar-refractivity contribution in [3.8, 4) is 0 Å². The van der Waals surface area contributed by atoms with Crippen LogP contribution in [0.15, 0.2) is 0 Å². The van der Waals surface area contributed by atoms with Crippen LogP contribution in [0, 0.1) is 39.9 Å². The SMILES string of the molecule is O=S(O)(O)=S.[Gd]. The van der Waals surface area contributed by atoms with E-state index in [1.807, 2.05) is 0 Å². The molecule has 2 N–H and O–H groups in total. The maximum Gasteiger partial charge on any atom is 0.263 e. The zero-order chi connectivity index (χ0) is 4.50. The summed E-state index contributed by atoms with van der Waals surface area (Å²) in [5.41, 5.74) is 0. The quantitative estimate of drug-likeness (QED) is 0.634. The van der Waals surface area contributed by atoms with Gasteiger partial charge in [-0.3, -0.25) is 9.11 Å². The largest absolute Gasteiger partial charge is 0.285 e. The van der Waals surface area contributed by atoms with E-state index in [1.165, 1.54) is 0 Å². The fourth-order valence-electron chi connectivity index (χ4n) is 0. The summed E-state index contributed by atoms with van der Waals surface area (Å²) < 4.78 is 24.0. The molecule has 40 valence electrons. The van der Waals surface area contributed by atoms with Gasteiger partial charge in [0.1, 0.15) is 0 Å². The van der Waals surface area contributed by atoms with E-state index < -0.39 is 9.05 Å². The Balaban J connectivity index is 0. The Morgan fingerprint density at radius 3 is 1.50 bits per heavy atom. The van der Waals surface area contributed by atoms with Crippen molar-refractivity contribution >= 4 is 20.2 Å². The summed E-state index contributed by atoms with van der Waals surface area (Å²) in [6, 6.07) is 0. The summed E-state index contributed by atoms with van der Waals surface area (Å²) >= 11 is 3.47. The Hall–Kier alpha value is 1.61. The van der Waals surface area contributed by atoms with Crippen molar-refractivity contribution in [1.82, 2.24) is 0 Å². The second-order valence-electron chi connectivity index (χ2n) is 0.448. The van der Waals surface area contributed by atoms with Crippen molar-refractivity contribution < 1.29 is 53.3 Å². The topological polar surface area (TPSA) is 57.5 Å². The molecule has 0 aromatic heterocycles. The van der Waals surface area contributed by atoms with E-state index in [1.54, 1.807) is 0 Å². The molecule has 0 aliphatic heterocycles. The normalized spacial score (nSPS) is 9.67. The van der Waals surface area contributed by atoms with Crippen LogP contribution in [0.4, 0.5) is 0 Å². The smallest absolute Gasteiger partial charge is 0.263 e. The number of rotatable bonds is 0. The molecule has 0 saturated carbocycles. The number of hydrogen-bond acceptors (Lipinski definition) is 2. The average molecular weight is 271 g/mol. The first-order valence-corrected chi connectivity index (χ1v) is 3.10. The average Bonchev–Trinajstić information content (AvgIpc) is 0.722. The molecular weight excluding hydrogens is 269 g/mol. The van der Waals surface area contributed by atoms with Crippen LogP contribution in [0.3, 0.4) is 0 Å². The van der Waals surface area contributed by atoms with E-state index >= 15 is 0 Å². The third-order valence-corrected chi connectivity index (χ3v) is 0. The standard InChI is InChI=1S/Gd.H2O3S2/c;1-5(2,3)4/h;(H2,1,2,3,4). The van der Waals surface area contributed by atoms with Gasteiger partial charge < -0.3 is 0 Å². The van der Waals surface area contributed by atoms with Crippen LogP contribution in [-0.2, 0) is 20.2 Å². The first kappa shape index (κ1) is 10.6. The molecule has 0 aromatic carbocycles. The fraction of sp³-hybridized carbons (Fsp3) is 0. The van der Waals surface area contributed by atoms with Gasteiger partial charge in [-0.15, -0.1) is 0 Å². The molecule has 6 heteroatoms. The van der Waals surface area contributed by atoms with E-state index in [-0.39, 0.29) is 39.9 Å². The van der Waals surface area contributed by atoms with E-state index in [9.17, 15) is 0 Å². The minimum Gasteiger partial charge on any atom is -0.285 e. The zero-order valence-corrected chi connectivity index (χ0v) is 6.37. The van der Waals surface area contributed by atoms with Gasteiger partial charge in [-0.2, -0.15) is 4.21 Å². The van der Waals surface area contributed by atoms with Gasteiger partial charge in [0, 0.05) is 51.1 Å². The van der Waals surface area contributed by atoms with Crippen LogP contribution in [0.2, 0.25) is 0 Å². The minimum atomic E-state index is -3.83. The summed E-state index contributed by atoms with van der Waals surface area (Å²) in [6.45, 7) is 0. The molecule has 0 atom stereocenters. The molecule has 0 aliphatic rings. The van der Waals surface area contributed by atoms with Crippen LogP contribution < -0.4 is 0 Å². The molecule has 0 aromatic rings. The second-order valence-corrected chi connectivity index (χ2v) is 2.65. The summed E-state index contributed by atoms with van der Waals surface area (Å²) in [5, 5.41) is 0. The predicted molar refractivity (Wildman–Crippen MR) is 20.8 cm³/mol. The Kier molecular flexibility index (Phi) is 6.33. The summed E-state index contributed by atoms with van der Waals surface area (Å²) in [5.74, 6) is 0. The van der Waals surface area contributed by atoms with E-state index in [4.69, 9.17) is 13.3 Å². The van der Waals surface area contributed by atoms with Gasteiger partial charge in [0.2, 0.25) is 0 Å². The molecule has 0 aliphatic carbocycles. The first-order chi connectivity index (χ1) is 2.00. The van der Waals surface area contributed by atoms with Gasteiger partial charge in [0.15, 0.2) is 0 Å². The van der Waals surface area contributed by atoms with Crippen molar-refractivity contribution in [3.05, 3.63) is 0 Å². The van der Waals surface area contributed by atoms with Gasteiger partial charge in [0.25, 0.3) is 9.05 Å². The molecule has 0 spiro atoms. The van der Waals surface area contributed by atoms with E-state index in [2.05, 4.69) is 11.2 Å². The third kappa shape index (κ3) is 45.9. The van der Waals surface area contributed by atoms with Crippen molar-refractivity contribution in [2.75, 3.05) is 0 Å². The van der Waals surface area contributed by atoms with Gasteiger partial charge in [-0.1, -0.05) is 0 Å². The first-order valence-electron chi connectivity index (χ1n) is 0.698. The van der Waals surface area contributed by atoms with Gasteiger partial charge in [0.05, 0.1) is 0 Å². The zero-order valence-electron chi connectivity index (χ0n) is 2.47. The summed E-state index contributed by atoms with van der Waals surface area (Å²) in [6.07, 6.45) is 0. The Bertz CT molecular complexity index is 92.0. The molecule has 0 rings (SSSR count). The molecule has 0 bridgehead atoms. The van der Waals surface area contributed by atoms with Crippen LogP contribution in [0.25, 0.3) is 0 Å². The molecule has 0 radical (unpaired) electrons. The van der Waals surface area contributed by atoms with Gasteiger partial charge in [-0.25, -0.2) is 0 Å². The minimum absolute atomic E-state index is 0. The van der Waals surface area contributed by atoms with Crippen LogP contribution in [0.1, 0.15) is 0 Å². The molecule has 0 heterocycles. The second kappa shape index (κ2) is 3.60. The molecular formula is H2GdO3S2. The Labute approximate surface area is 72.5 Å². The molecule has 0 amide bonds.